The Hall–Kier alpha value is -1.16. The van der Waals surface area contributed by atoms with Gasteiger partial charge in [0.05, 0.1) is 0 Å². The van der Waals surface area contributed by atoms with Gasteiger partial charge in [0.25, 0.3) is 0 Å². The monoisotopic (exact) mass is 249 g/mol. The topological polar surface area (TPSA) is 47.0 Å². The minimum atomic E-state index is 0.369. The molecule has 18 heavy (non-hydrogen) atoms. The van der Waals surface area contributed by atoms with E-state index in [2.05, 4.69) is 29.1 Å². The van der Waals surface area contributed by atoms with Crippen molar-refractivity contribution in [1.29, 1.82) is 0 Å². The standard InChI is InChI=1S/C14H23N3O/c1-10(2)14-16-11(3)8-13(17-14)15-6-4-12-5-7-18-9-12/h8,10,12H,4-7,9H2,1-3H3,(H,15,16,17). The number of aryl methyl sites for hydroxylation is 1. The van der Waals surface area contributed by atoms with Gasteiger partial charge in [-0.2, -0.15) is 0 Å². The summed E-state index contributed by atoms with van der Waals surface area (Å²) < 4.78 is 5.38. The first-order valence-corrected chi connectivity index (χ1v) is 6.82. The van der Waals surface area contributed by atoms with Crippen LogP contribution >= 0.6 is 0 Å². The second-order valence-electron chi connectivity index (χ2n) is 5.35. The van der Waals surface area contributed by atoms with Crippen LogP contribution in [0.2, 0.25) is 0 Å². The highest BCUT2D eigenvalue weighted by atomic mass is 16.5. The minimum absolute atomic E-state index is 0.369. The molecule has 1 N–H and O–H groups in total. The quantitative estimate of drug-likeness (QED) is 0.871. The van der Waals surface area contributed by atoms with Crippen molar-refractivity contribution in [3.05, 3.63) is 17.6 Å². The maximum Gasteiger partial charge on any atom is 0.133 e. The van der Waals surface area contributed by atoms with E-state index in [0.29, 0.717) is 11.8 Å². The van der Waals surface area contributed by atoms with Crippen LogP contribution in [0.1, 0.15) is 44.1 Å². The number of nitrogens with zero attached hydrogens (tertiary/aromatic N) is 2. The highest BCUT2D eigenvalue weighted by molar-refractivity contribution is 5.36. The summed E-state index contributed by atoms with van der Waals surface area (Å²) in [5.41, 5.74) is 1.03. The second-order valence-corrected chi connectivity index (χ2v) is 5.35. The predicted octanol–water partition coefficient (Wildman–Crippen LogP) is 2.75. The molecule has 1 aliphatic heterocycles. The van der Waals surface area contributed by atoms with E-state index in [1.807, 2.05) is 13.0 Å². The average Bonchev–Trinajstić information content (AvgIpc) is 2.81. The lowest BCUT2D eigenvalue weighted by Crippen LogP contribution is -2.11. The molecule has 0 spiro atoms. The van der Waals surface area contributed by atoms with Crippen LogP contribution in [0, 0.1) is 12.8 Å². The largest absolute Gasteiger partial charge is 0.381 e. The Bertz CT molecular complexity index is 387. The van der Waals surface area contributed by atoms with Gasteiger partial charge in [0, 0.05) is 37.4 Å². The molecule has 2 rings (SSSR count). The fourth-order valence-corrected chi connectivity index (χ4v) is 2.16. The van der Waals surface area contributed by atoms with Crippen LogP contribution in [0.3, 0.4) is 0 Å². The highest BCUT2D eigenvalue weighted by Gasteiger charge is 2.15. The maximum absolute atomic E-state index is 5.38. The number of aromatic nitrogens is 2. The number of hydrogen-bond acceptors (Lipinski definition) is 4. The van der Waals surface area contributed by atoms with Gasteiger partial charge in [-0.25, -0.2) is 9.97 Å². The normalized spacial score (nSPS) is 19.4. The molecule has 0 aliphatic carbocycles. The molecule has 1 saturated heterocycles. The molecule has 0 saturated carbocycles. The lowest BCUT2D eigenvalue weighted by Gasteiger charge is -2.12. The van der Waals surface area contributed by atoms with Crippen LogP contribution < -0.4 is 5.32 Å². The zero-order valence-corrected chi connectivity index (χ0v) is 11.6. The fraction of sp³-hybridized carbons (Fsp3) is 0.714. The van der Waals surface area contributed by atoms with Gasteiger partial charge in [-0.15, -0.1) is 0 Å². The van der Waals surface area contributed by atoms with E-state index < -0.39 is 0 Å². The molecule has 2 heterocycles. The third-order valence-corrected chi connectivity index (χ3v) is 3.27. The molecule has 4 nitrogen and oxygen atoms in total. The molecule has 0 amide bonds. The zero-order chi connectivity index (χ0) is 13.0. The van der Waals surface area contributed by atoms with E-state index in [1.165, 1.54) is 6.42 Å². The van der Waals surface area contributed by atoms with E-state index in [1.54, 1.807) is 0 Å². The Kier molecular flexibility index (Phi) is 4.53. The smallest absolute Gasteiger partial charge is 0.133 e. The summed E-state index contributed by atoms with van der Waals surface area (Å²) in [6, 6.07) is 2.01. The van der Waals surface area contributed by atoms with Gasteiger partial charge >= 0.3 is 0 Å². The molecule has 0 bridgehead atoms. The van der Waals surface area contributed by atoms with Gasteiger partial charge < -0.3 is 10.1 Å². The summed E-state index contributed by atoms with van der Waals surface area (Å²) >= 11 is 0. The fourth-order valence-electron chi connectivity index (χ4n) is 2.16. The average molecular weight is 249 g/mol. The lowest BCUT2D eigenvalue weighted by atomic mass is 10.1. The van der Waals surface area contributed by atoms with Gasteiger partial charge in [-0.3, -0.25) is 0 Å². The van der Waals surface area contributed by atoms with Crippen molar-refractivity contribution >= 4 is 5.82 Å². The van der Waals surface area contributed by atoms with Crippen LogP contribution in [0.5, 0.6) is 0 Å². The summed E-state index contributed by atoms with van der Waals surface area (Å²) in [6.45, 7) is 9.06. The van der Waals surface area contributed by atoms with Crippen molar-refractivity contribution in [1.82, 2.24) is 9.97 Å². The van der Waals surface area contributed by atoms with Gasteiger partial charge in [0.15, 0.2) is 0 Å². The zero-order valence-electron chi connectivity index (χ0n) is 11.6. The lowest BCUT2D eigenvalue weighted by molar-refractivity contribution is 0.185. The third kappa shape index (κ3) is 3.67. The van der Waals surface area contributed by atoms with Crippen LogP contribution in [0.4, 0.5) is 5.82 Å². The Morgan fingerprint density at radius 2 is 2.28 bits per heavy atom. The molecule has 100 valence electrons. The third-order valence-electron chi connectivity index (χ3n) is 3.27. The molecule has 1 fully saturated rings. The van der Waals surface area contributed by atoms with E-state index in [4.69, 9.17) is 4.74 Å². The maximum atomic E-state index is 5.38. The first-order valence-electron chi connectivity index (χ1n) is 6.82. The molecule has 1 aromatic heterocycles. The van der Waals surface area contributed by atoms with E-state index >= 15 is 0 Å². The first kappa shape index (κ1) is 13.3. The van der Waals surface area contributed by atoms with Crippen molar-refractivity contribution in [3.8, 4) is 0 Å². The summed E-state index contributed by atoms with van der Waals surface area (Å²) in [6.07, 6.45) is 2.35. The van der Waals surface area contributed by atoms with Crippen LogP contribution in [-0.4, -0.2) is 29.7 Å². The molecular weight excluding hydrogens is 226 g/mol. The minimum Gasteiger partial charge on any atom is -0.381 e. The van der Waals surface area contributed by atoms with E-state index in [0.717, 1.165) is 43.5 Å². The van der Waals surface area contributed by atoms with E-state index in [-0.39, 0.29) is 0 Å². The Morgan fingerprint density at radius 1 is 1.44 bits per heavy atom. The molecule has 1 aromatic rings. The highest BCUT2D eigenvalue weighted by Crippen LogP contribution is 2.17. The summed E-state index contributed by atoms with van der Waals surface area (Å²) in [5, 5.41) is 3.40. The number of hydrogen-bond donors (Lipinski definition) is 1. The van der Waals surface area contributed by atoms with Crippen molar-refractivity contribution in [2.45, 2.75) is 39.5 Å². The van der Waals surface area contributed by atoms with Crippen molar-refractivity contribution in [2.75, 3.05) is 25.1 Å². The van der Waals surface area contributed by atoms with Crippen molar-refractivity contribution < 1.29 is 4.74 Å². The molecule has 0 radical (unpaired) electrons. The SMILES string of the molecule is Cc1cc(NCCC2CCOC2)nc(C(C)C)n1. The van der Waals surface area contributed by atoms with Gasteiger partial charge in [-0.1, -0.05) is 13.8 Å². The number of anilines is 1. The second kappa shape index (κ2) is 6.14. The predicted molar refractivity (Wildman–Crippen MR) is 72.9 cm³/mol. The van der Waals surface area contributed by atoms with Crippen LogP contribution in [0.15, 0.2) is 6.07 Å². The number of nitrogens with one attached hydrogen (secondary N) is 1. The van der Waals surface area contributed by atoms with E-state index in [9.17, 15) is 0 Å². The molecule has 1 unspecified atom stereocenters. The number of rotatable bonds is 5. The Labute approximate surface area is 109 Å². The van der Waals surface area contributed by atoms with Crippen LogP contribution in [-0.2, 0) is 4.74 Å². The van der Waals surface area contributed by atoms with Gasteiger partial charge in [0.2, 0.25) is 0 Å². The summed E-state index contributed by atoms with van der Waals surface area (Å²) in [4.78, 5) is 8.99. The first-order chi connectivity index (χ1) is 8.65. The molecular formula is C14H23N3O. The Morgan fingerprint density at radius 3 is 2.94 bits per heavy atom. The van der Waals surface area contributed by atoms with Gasteiger partial charge in [0.1, 0.15) is 11.6 Å². The van der Waals surface area contributed by atoms with Crippen molar-refractivity contribution in [3.63, 3.8) is 0 Å². The Balaban J connectivity index is 1.88. The van der Waals surface area contributed by atoms with Crippen molar-refractivity contribution in [2.24, 2.45) is 5.92 Å². The molecule has 4 heteroatoms. The molecule has 0 aromatic carbocycles. The molecule has 1 atom stereocenters. The van der Waals surface area contributed by atoms with Gasteiger partial charge in [-0.05, 0) is 25.7 Å². The number of ether oxygens (including phenoxy) is 1. The summed E-state index contributed by atoms with van der Waals surface area (Å²) in [7, 11) is 0. The van der Waals surface area contributed by atoms with Crippen LogP contribution in [0.25, 0.3) is 0 Å². The summed E-state index contributed by atoms with van der Waals surface area (Å²) in [5.74, 6) is 2.95. The molecule has 1 aliphatic rings.